The van der Waals surface area contributed by atoms with E-state index >= 15 is 0 Å². The molecule has 41 heavy (non-hydrogen) atoms. The van der Waals surface area contributed by atoms with E-state index in [0.29, 0.717) is 0 Å². The van der Waals surface area contributed by atoms with Crippen LogP contribution in [-0.4, -0.2) is 4.40 Å². The Balaban J connectivity index is 1.40. The van der Waals surface area contributed by atoms with E-state index in [0.717, 1.165) is 49.1 Å². The zero-order valence-electron chi connectivity index (χ0n) is 22.1. The molecule has 0 aliphatic heterocycles. The Hall–Kier alpha value is -5.47. The standard InChI is InChI=1S/C39H23NO/c41-39-33-12-6-5-11-32(33)35-22-31(29-16-14-25-8-2-4-10-27(25)20-29)23-36-34-21-30(17-18-37(34)40(39)38(35)36)28-15-13-24-7-1-3-9-26(24)19-28/h1-23H. The largest absolute Gasteiger partial charge is 0.275 e. The predicted molar refractivity (Wildman–Crippen MR) is 173 cm³/mol. The molecule has 7 aromatic carbocycles. The Bertz CT molecular complexity index is 2550. The minimum atomic E-state index is 0.0324. The smallest absolute Gasteiger partial charge is 0.263 e. The molecule has 0 unspecified atom stereocenters. The lowest BCUT2D eigenvalue weighted by Gasteiger charge is -2.10. The van der Waals surface area contributed by atoms with Crippen molar-refractivity contribution in [1.82, 2.24) is 4.40 Å². The Morgan fingerprint density at radius 1 is 0.366 bits per heavy atom. The molecule has 0 atom stereocenters. The highest BCUT2D eigenvalue weighted by Crippen LogP contribution is 2.40. The Labute approximate surface area is 235 Å². The van der Waals surface area contributed by atoms with Crippen molar-refractivity contribution in [2.45, 2.75) is 0 Å². The van der Waals surface area contributed by atoms with Crippen molar-refractivity contribution < 1.29 is 0 Å². The normalized spacial score (nSPS) is 12.0. The van der Waals surface area contributed by atoms with Crippen molar-refractivity contribution in [3.8, 4) is 22.3 Å². The fourth-order valence-corrected chi connectivity index (χ4v) is 6.67. The molecule has 2 nitrogen and oxygen atoms in total. The maximum Gasteiger partial charge on any atom is 0.263 e. The van der Waals surface area contributed by atoms with Crippen LogP contribution in [0, 0.1) is 0 Å². The molecule has 0 fully saturated rings. The zero-order chi connectivity index (χ0) is 27.1. The minimum absolute atomic E-state index is 0.0324. The Kier molecular flexibility index (Phi) is 4.51. The van der Waals surface area contributed by atoms with E-state index in [2.05, 4.69) is 121 Å². The van der Waals surface area contributed by atoms with Gasteiger partial charge >= 0.3 is 0 Å². The molecule has 0 bridgehead atoms. The van der Waals surface area contributed by atoms with E-state index < -0.39 is 0 Å². The first-order valence-electron chi connectivity index (χ1n) is 14.0. The highest BCUT2D eigenvalue weighted by molar-refractivity contribution is 6.22. The number of aromatic nitrogens is 1. The first kappa shape index (κ1) is 22.4. The number of rotatable bonds is 2. The van der Waals surface area contributed by atoms with Crippen LogP contribution in [0.2, 0.25) is 0 Å². The van der Waals surface area contributed by atoms with Crippen LogP contribution in [0.1, 0.15) is 0 Å². The van der Waals surface area contributed by atoms with Gasteiger partial charge in [-0.15, -0.1) is 0 Å². The quantitative estimate of drug-likeness (QED) is 0.207. The lowest BCUT2D eigenvalue weighted by Crippen LogP contribution is -2.12. The van der Waals surface area contributed by atoms with E-state index in [1.54, 1.807) is 0 Å². The van der Waals surface area contributed by atoms with Gasteiger partial charge in [0.25, 0.3) is 5.56 Å². The number of nitrogens with zero attached hydrogens (tertiary/aromatic N) is 1. The van der Waals surface area contributed by atoms with E-state index in [1.807, 2.05) is 22.6 Å². The zero-order valence-corrected chi connectivity index (χ0v) is 22.1. The third kappa shape index (κ3) is 3.22. The van der Waals surface area contributed by atoms with E-state index in [4.69, 9.17) is 0 Å². The second-order valence-electron chi connectivity index (χ2n) is 11.0. The van der Waals surface area contributed by atoms with Crippen molar-refractivity contribution in [2.75, 3.05) is 0 Å². The van der Waals surface area contributed by atoms with Crippen LogP contribution in [0.3, 0.4) is 0 Å². The summed E-state index contributed by atoms with van der Waals surface area (Å²) in [5.41, 5.74) is 6.60. The number of pyridine rings is 1. The summed E-state index contributed by atoms with van der Waals surface area (Å²) < 4.78 is 1.93. The van der Waals surface area contributed by atoms with Crippen LogP contribution in [0.5, 0.6) is 0 Å². The summed E-state index contributed by atoms with van der Waals surface area (Å²) in [6, 6.07) is 49.3. The molecule has 0 saturated carbocycles. The maximum absolute atomic E-state index is 13.9. The van der Waals surface area contributed by atoms with Gasteiger partial charge < -0.3 is 0 Å². The van der Waals surface area contributed by atoms with Crippen LogP contribution in [0.15, 0.2) is 144 Å². The topological polar surface area (TPSA) is 21.5 Å². The molecule has 0 N–H and O–H groups in total. The average molecular weight is 522 g/mol. The van der Waals surface area contributed by atoms with Gasteiger partial charge in [0.15, 0.2) is 0 Å². The van der Waals surface area contributed by atoms with Crippen LogP contribution in [0.4, 0.5) is 0 Å². The monoisotopic (exact) mass is 521 g/mol. The number of benzene rings is 7. The molecule has 9 aromatic rings. The molecule has 0 saturated heterocycles. The highest BCUT2D eigenvalue weighted by Gasteiger charge is 2.19. The SMILES string of the molecule is O=c1c2ccccc2c2cc(-c3ccc4ccccc4c3)cc3c4cc(-c5ccc6ccccc6c5)ccc4n1c23. The minimum Gasteiger partial charge on any atom is -0.275 e. The van der Waals surface area contributed by atoms with Crippen molar-refractivity contribution in [2.24, 2.45) is 0 Å². The molecule has 0 radical (unpaired) electrons. The Morgan fingerprint density at radius 2 is 0.854 bits per heavy atom. The fraction of sp³-hybridized carbons (Fsp3) is 0. The summed E-state index contributed by atoms with van der Waals surface area (Å²) in [4.78, 5) is 13.9. The van der Waals surface area contributed by atoms with Crippen LogP contribution >= 0.6 is 0 Å². The molecular formula is C39H23NO. The molecular weight excluding hydrogens is 498 g/mol. The van der Waals surface area contributed by atoms with Gasteiger partial charge in [-0.1, -0.05) is 97.1 Å². The molecule has 190 valence electrons. The summed E-state index contributed by atoms with van der Waals surface area (Å²) in [6.45, 7) is 0. The van der Waals surface area contributed by atoms with Crippen LogP contribution in [-0.2, 0) is 0 Å². The lowest BCUT2D eigenvalue weighted by atomic mass is 9.95. The molecule has 0 aliphatic carbocycles. The molecule has 9 rings (SSSR count). The molecule has 2 heterocycles. The summed E-state index contributed by atoms with van der Waals surface area (Å²) in [7, 11) is 0. The van der Waals surface area contributed by atoms with Crippen molar-refractivity contribution >= 4 is 59.5 Å². The van der Waals surface area contributed by atoms with Crippen LogP contribution < -0.4 is 5.56 Å². The second kappa shape index (κ2) is 8.27. The lowest BCUT2D eigenvalue weighted by molar-refractivity contribution is 1.21. The maximum atomic E-state index is 13.9. The second-order valence-corrected chi connectivity index (χ2v) is 11.0. The molecule has 0 spiro atoms. The molecule has 2 heteroatoms. The van der Waals surface area contributed by atoms with Gasteiger partial charge in [0.2, 0.25) is 0 Å². The van der Waals surface area contributed by atoms with Gasteiger partial charge in [0.1, 0.15) is 0 Å². The summed E-state index contributed by atoms with van der Waals surface area (Å²) >= 11 is 0. The fourth-order valence-electron chi connectivity index (χ4n) is 6.67. The third-order valence-corrected chi connectivity index (χ3v) is 8.68. The van der Waals surface area contributed by atoms with Crippen molar-refractivity contribution in [3.05, 3.63) is 150 Å². The molecule has 0 amide bonds. The van der Waals surface area contributed by atoms with Crippen LogP contribution in [0.25, 0.3) is 81.8 Å². The van der Waals surface area contributed by atoms with Gasteiger partial charge in [0.05, 0.1) is 11.0 Å². The summed E-state index contributed by atoms with van der Waals surface area (Å²) in [5.74, 6) is 0. The predicted octanol–water partition coefficient (Wildman–Crippen LogP) is 9.84. The first-order chi connectivity index (χ1) is 20.2. The molecule has 0 aliphatic rings. The van der Waals surface area contributed by atoms with Crippen molar-refractivity contribution in [1.29, 1.82) is 0 Å². The van der Waals surface area contributed by atoms with Gasteiger partial charge in [-0.3, -0.25) is 9.20 Å². The van der Waals surface area contributed by atoms with Crippen molar-refractivity contribution in [3.63, 3.8) is 0 Å². The van der Waals surface area contributed by atoms with E-state index in [-0.39, 0.29) is 5.56 Å². The third-order valence-electron chi connectivity index (χ3n) is 8.68. The van der Waals surface area contributed by atoms with Gasteiger partial charge in [0, 0.05) is 21.5 Å². The van der Waals surface area contributed by atoms with Gasteiger partial charge in [-0.2, -0.15) is 0 Å². The van der Waals surface area contributed by atoms with Gasteiger partial charge in [-0.25, -0.2) is 0 Å². The van der Waals surface area contributed by atoms with E-state index in [1.165, 1.54) is 32.7 Å². The molecule has 2 aromatic heterocycles. The highest BCUT2D eigenvalue weighted by atomic mass is 16.1. The number of hydrogen-bond acceptors (Lipinski definition) is 1. The van der Waals surface area contributed by atoms with E-state index in [9.17, 15) is 4.79 Å². The Morgan fingerprint density at radius 3 is 1.54 bits per heavy atom. The number of fused-ring (bicyclic) bond motifs is 7. The summed E-state index contributed by atoms with van der Waals surface area (Å²) in [5, 5.41) is 9.93. The number of hydrogen-bond donors (Lipinski definition) is 0. The summed E-state index contributed by atoms with van der Waals surface area (Å²) in [6.07, 6.45) is 0. The van der Waals surface area contributed by atoms with Gasteiger partial charge in [-0.05, 0) is 91.6 Å². The average Bonchev–Trinajstić information content (AvgIpc) is 3.37. The first-order valence-corrected chi connectivity index (χ1v) is 14.0.